The van der Waals surface area contributed by atoms with Crippen molar-refractivity contribution in [1.29, 1.82) is 0 Å². The van der Waals surface area contributed by atoms with Crippen LogP contribution in [0.2, 0.25) is 0 Å². The Morgan fingerprint density at radius 2 is 1.92 bits per heavy atom. The zero-order chi connectivity index (χ0) is 16.2. The molecule has 10 heteroatoms. The van der Waals surface area contributed by atoms with Crippen LogP contribution in [0.15, 0.2) is 12.5 Å². The molecule has 0 spiro atoms. The van der Waals surface area contributed by atoms with Gasteiger partial charge in [0.05, 0.1) is 18.1 Å². The maximum absolute atomic E-state index is 11.9. The average molecular weight is 390 g/mol. The fourth-order valence-corrected chi connectivity index (χ4v) is 2.80. The predicted octanol–water partition coefficient (Wildman–Crippen LogP) is 2.30. The van der Waals surface area contributed by atoms with Gasteiger partial charge >= 0.3 is 6.03 Å². The van der Waals surface area contributed by atoms with Crippen LogP contribution < -0.4 is 10.6 Å². The van der Waals surface area contributed by atoms with Gasteiger partial charge in [0.25, 0.3) is 0 Å². The van der Waals surface area contributed by atoms with Crippen molar-refractivity contribution in [3.05, 3.63) is 12.5 Å². The number of carbonyl (C=O) groups excluding carboxylic acids is 1. The Hall–Kier alpha value is -1.64. The number of nitrogens with one attached hydrogen (secondary N) is 2. The monoisotopic (exact) mass is 389 g/mol. The van der Waals surface area contributed by atoms with Crippen molar-refractivity contribution in [3.8, 4) is 0 Å². The van der Waals surface area contributed by atoms with Crippen molar-refractivity contribution in [1.82, 2.24) is 30.0 Å². The van der Waals surface area contributed by atoms with Crippen molar-refractivity contribution in [2.24, 2.45) is 0 Å². The lowest BCUT2D eigenvalue weighted by Gasteiger charge is -2.14. The number of fused-ring (bicyclic) bond motifs is 1. The topological polar surface area (TPSA) is 88.0 Å². The quantitative estimate of drug-likeness (QED) is 0.818. The minimum absolute atomic E-state index is 0. The largest absolute Gasteiger partial charge is 0.336 e. The van der Waals surface area contributed by atoms with Gasteiger partial charge in [0.15, 0.2) is 5.65 Å². The lowest BCUT2D eigenvalue weighted by Crippen LogP contribution is -2.34. The van der Waals surface area contributed by atoms with Gasteiger partial charge < -0.3 is 10.2 Å². The molecule has 1 aliphatic heterocycles. The maximum atomic E-state index is 11.9. The third-order valence-electron chi connectivity index (χ3n) is 3.91. The second kappa shape index (κ2) is 9.74. The number of anilines is 1. The van der Waals surface area contributed by atoms with Gasteiger partial charge in [-0.2, -0.15) is 5.10 Å². The highest BCUT2D eigenvalue weighted by Crippen LogP contribution is 2.18. The van der Waals surface area contributed by atoms with Crippen LogP contribution in [0.1, 0.15) is 26.7 Å². The van der Waals surface area contributed by atoms with Crippen LogP contribution >= 0.6 is 24.8 Å². The highest BCUT2D eigenvalue weighted by Gasteiger charge is 2.15. The Bertz CT molecular complexity index is 686. The van der Waals surface area contributed by atoms with Gasteiger partial charge in [0, 0.05) is 12.6 Å². The summed E-state index contributed by atoms with van der Waals surface area (Å²) in [4.78, 5) is 22.8. The molecule has 0 atom stereocenters. The molecule has 1 saturated heterocycles. The van der Waals surface area contributed by atoms with E-state index in [0.717, 1.165) is 37.2 Å². The number of urea groups is 1. The number of carbonyl (C=O) groups is 1. The maximum Gasteiger partial charge on any atom is 0.320 e. The van der Waals surface area contributed by atoms with Gasteiger partial charge in [-0.05, 0) is 39.8 Å². The van der Waals surface area contributed by atoms with Gasteiger partial charge in [-0.3, -0.25) is 5.32 Å². The molecule has 25 heavy (non-hydrogen) atoms. The smallest absolute Gasteiger partial charge is 0.320 e. The normalized spacial score (nSPS) is 14.2. The molecule has 140 valence electrons. The third kappa shape index (κ3) is 5.42. The Morgan fingerprint density at radius 3 is 2.60 bits per heavy atom. The molecule has 0 bridgehead atoms. The standard InChI is InChI=1S/C15H23N7O.2ClH/c1-11(2)19-15(23)20-13-12-9-18-22(14(12)17-10-16-13)8-7-21-5-3-4-6-21;;/h9-11H,3-8H2,1-2H3,(H2,16,17,19,20,23);2*1H. The number of amides is 2. The molecule has 0 unspecified atom stereocenters. The zero-order valence-electron chi connectivity index (χ0n) is 14.4. The number of halogens is 2. The second-order valence-corrected chi connectivity index (χ2v) is 6.13. The van der Waals surface area contributed by atoms with Crippen LogP contribution in [-0.4, -0.2) is 56.4 Å². The average Bonchev–Trinajstić information content (AvgIpc) is 3.14. The van der Waals surface area contributed by atoms with E-state index in [9.17, 15) is 4.79 Å². The number of rotatable bonds is 5. The summed E-state index contributed by atoms with van der Waals surface area (Å²) in [6.07, 6.45) is 5.73. The summed E-state index contributed by atoms with van der Waals surface area (Å²) in [6.45, 7) is 7.90. The van der Waals surface area contributed by atoms with Crippen molar-refractivity contribution in [2.75, 3.05) is 25.0 Å². The number of nitrogens with zero attached hydrogens (tertiary/aromatic N) is 5. The van der Waals surface area contributed by atoms with Gasteiger partial charge in [0.1, 0.15) is 12.1 Å². The van der Waals surface area contributed by atoms with Crippen LogP contribution in [0.5, 0.6) is 0 Å². The van der Waals surface area contributed by atoms with Gasteiger partial charge in [0.2, 0.25) is 0 Å². The van der Waals surface area contributed by atoms with Crippen LogP contribution in [-0.2, 0) is 6.54 Å². The van der Waals surface area contributed by atoms with Crippen LogP contribution in [0, 0.1) is 0 Å². The summed E-state index contributed by atoms with van der Waals surface area (Å²) < 4.78 is 1.88. The third-order valence-corrected chi connectivity index (χ3v) is 3.91. The van der Waals surface area contributed by atoms with Crippen LogP contribution in [0.4, 0.5) is 10.6 Å². The molecule has 8 nitrogen and oxygen atoms in total. The minimum atomic E-state index is -0.273. The molecule has 0 aromatic carbocycles. The second-order valence-electron chi connectivity index (χ2n) is 6.13. The fraction of sp³-hybridized carbons (Fsp3) is 0.600. The predicted molar refractivity (Wildman–Crippen MR) is 103 cm³/mol. The Balaban J connectivity index is 0.00000156. The highest BCUT2D eigenvalue weighted by molar-refractivity contribution is 5.97. The number of aromatic nitrogens is 4. The Morgan fingerprint density at radius 1 is 1.20 bits per heavy atom. The molecule has 1 aliphatic rings. The first-order chi connectivity index (χ1) is 11.1. The summed E-state index contributed by atoms with van der Waals surface area (Å²) in [6, 6.07) is -0.208. The highest BCUT2D eigenvalue weighted by atomic mass is 35.5. The van der Waals surface area contributed by atoms with E-state index >= 15 is 0 Å². The van der Waals surface area contributed by atoms with Gasteiger partial charge in [-0.25, -0.2) is 19.4 Å². The molecule has 2 N–H and O–H groups in total. The van der Waals surface area contributed by atoms with Crippen molar-refractivity contribution < 1.29 is 4.79 Å². The van der Waals surface area contributed by atoms with E-state index in [1.54, 1.807) is 6.20 Å². The molecule has 0 radical (unpaired) electrons. The summed E-state index contributed by atoms with van der Waals surface area (Å²) >= 11 is 0. The van der Waals surface area contributed by atoms with E-state index in [-0.39, 0.29) is 36.9 Å². The van der Waals surface area contributed by atoms with E-state index in [1.165, 1.54) is 19.2 Å². The molecule has 2 amide bonds. The van der Waals surface area contributed by atoms with E-state index in [0.29, 0.717) is 5.82 Å². The molecule has 1 fully saturated rings. The molecule has 0 saturated carbocycles. The molecule has 2 aromatic heterocycles. The number of likely N-dealkylation sites (tertiary alicyclic amines) is 1. The molecule has 0 aliphatic carbocycles. The summed E-state index contributed by atoms with van der Waals surface area (Å²) in [5.41, 5.74) is 0.749. The summed E-state index contributed by atoms with van der Waals surface area (Å²) in [5.74, 6) is 0.487. The van der Waals surface area contributed by atoms with Gasteiger partial charge in [-0.15, -0.1) is 24.8 Å². The zero-order valence-corrected chi connectivity index (χ0v) is 16.1. The number of hydrogen-bond donors (Lipinski definition) is 2. The van der Waals surface area contributed by atoms with Gasteiger partial charge in [-0.1, -0.05) is 0 Å². The Labute approximate surface area is 159 Å². The molecular formula is C15H25Cl2N7O. The summed E-state index contributed by atoms with van der Waals surface area (Å²) in [7, 11) is 0. The fourth-order valence-electron chi connectivity index (χ4n) is 2.80. The van der Waals surface area contributed by atoms with E-state index in [1.807, 2.05) is 18.5 Å². The van der Waals surface area contributed by atoms with Crippen LogP contribution in [0.25, 0.3) is 11.0 Å². The number of hydrogen-bond acceptors (Lipinski definition) is 5. The van der Waals surface area contributed by atoms with Crippen LogP contribution in [0.3, 0.4) is 0 Å². The molecule has 3 heterocycles. The minimum Gasteiger partial charge on any atom is -0.336 e. The van der Waals surface area contributed by atoms with E-state index < -0.39 is 0 Å². The molecular weight excluding hydrogens is 365 g/mol. The molecule has 3 rings (SSSR count). The van der Waals surface area contributed by atoms with Crippen molar-refractivity contribution in [2.45, 2.75) is 39.3 Å². The first kappa shape index (κ1) is 21.4. The van der Waals surface area contributed by atoms with E-state index in [2.05, 4.69) is 30.6 Å². The SMILES string of the molecule is CC(C)NC(=O)Nc1ncnc2c1cnn2CCN1CCCC1.Cl.Cl. The lowest BCUT2D eigenvalue weighted by atomic mass is 10.4. The Kier molecular flexibility index (Phi) is 8.34. The van der Waals surface area contributed by atoms with Crippen molar-refractivity contribution >= 4 is 47.7 Å². The first-order valence-electron chi connectivity index (χ1n) is 8.10. The van der Waals surface area contributed by atoms with Crippen molar-refractivity contribution in [3.63, 3.8) is 0 Å². The molecule has 2 aromatic rings. The summed E-state index contributed by atoms with van der Waals surface area (Å²) in [5, 5.41) is 10.7. The first-order valence-corrected chi connectivity index (χ1v) is 8.10. The lowest BCUT2D eigenvalue weighted by molar-refractivity contribution is 0.250. The van der Waals surface area contributed by atoms with E-state index in [4.69, 9.17) is 0 Å².